The molecule has 11 heavy (non-hydrogen) atoms. The van der Waals surface area contributed by atoms with Gasteiger partial charge in [0, 0.05) is 25.7 Å². The number of carbonyl (C=O) groups excluding carboxylic acids is 1. The van der Waals surface area contributed by atoms with Crippen molar-refractivity contribution in [2.45, 2.75) is 31.5 Å². The van der Waals surface area contributed by atoms with Gasteiger partial charge in [0.05, 0.1) is 0 Å². The molecule has 0 amide bonds. The van der Waals surface area contributed by atoms with E-state index in [1.54, 1.807) is 0 Å². The van der Waals surface area contributed by atoms with E-state index in [0.717, 1.165) is 0 Å². The third-order valence-corrected chi connectivity index (χ3v) is 2.82. The summed E-state index contributed by atoms with van der Waals surface area (Å²) in [5, 5.41) is 18.5. The smallest absolute Gasteiger partial charge is 0.163 e. The lowest BCUT2D eigenvalue weighted by Crippen LogP contribution is -2.24. The predicted molar refractivity (Wildman–Crippen MR) is 37.6 cm³/mol. The molecule has 0 aromatic carbocycles. The van der Waals surface area contributed by atoms with Gasteiger partial charge in [0.15, 0.2) is 5.79 Å². The SMILES string of the molecule is O=C1CC2CC(O)(O)CC2C1. The van der Waals surface area contributed by atoms with Crippen LogP contribution >= 0.6 is 0 Å². The molecule has 0 saturated heterocycles. The van der Waals surface area contributed by atoms with Gasteiger partial charge in [0.25, 0.3) is 0 Å². The minimum atomic E-state index is -1.48. The third-order valence-electron chi connectivity index (χ3n) is 2.82. The molecule has 3 heteroatoms. The minimum absolute atomic E-state index is 0.248. The summed E-state index contributed by atoms with van der Waals surface area (Å²) < 4.78 is 0. The van der Waals surface area contributed by atoms with Crippen molar-refractivity contribution in [2.75, 3.05) is 0 Å². The van der Waals surface area contributed by atoms with Crippen LogP contribution in [0.5, 0.6) is 0 Å². The molecule has 2 atom stereocenters. The molecule has 62 valence electrons. The molecule has 2 saturated carbocycles. The lowest BCUT2D eigenvalue weighted by atomic mass is 10.0. The molecule has 0 radical (unpaired) electrons. The highest BCUT2D eigenvalue weighted by atomic mass is 16.5. The normalized spacial score (nSPS) is 41.1. The van der Waals surface area contributed by atoms with Crippen LogP contribution < -0.4 is 0 Å². The number of fused-ring (bicyclic) bond motifs is 1. The molecule has 2 rings (SSSR count). The number of hydrogen-bond acceptors (Lipinski definition) is 3. The van der Waals surface area contributed by atoms with E-state index < -0.39 is 5.79 Å². The second kappa shape index (κ2) is 2.05. The highest BCUT2D eigenvalue weighted by molar-refractivity contribution is 5.81. The van der Waals surface area contributed by atoms with Crippen LogP contribution in [0.1, 0.15) is 25.7 Å². The van der Waals surface area contributed by atoms with Crippen molar-refractivity contribution in [2.24, 2.45) is 11.8 Å². The van der Waals surface area contributed by atoms with Gasteiger partial charge >= 0.3 is 0 Å². The van der Waals surface area contributed by atoms with Crippen molar-refractivity contribution in [1.29, 1.82) is 0 Å². The second-order valence-corrected chi connectivity index (χ2v) is 3.86. The number of aliphatic hydroxyl groups is 2. The quantitative estimate of drug-likeness (QED) is 0.487. The lowest BCUT2D eigenvalue weighted by molar-refractivity contribution is -0.158. The fourth-order valence-electron chi connectivity index (χ4n) is 2.40. The fraction of sp³-hybridized carbons (Fsp3) is 0.875. The van der Waals surface area contributed by atoms with Gasteiger partial charge in [-0.2, -0.15) is 0 Å². The van der Waals surface area contributed by atoms with E-state index in [9.17, 15) is 15.0 Å². The van der Waals surface area contributed by atoms with Crippen LogP contribution in [-0.2, 0) is 4.79 Å². The summed E-state index contributed by atoms with van der Waals surface area (Å²) in [5.74, 6) is -0.693. The zero-order chi connectivity index (χ0) is 8.06. The minimum Gasteiger partial charge on any atom is -0.366 e. The van der Waals surface area contributed by atoms with E-state index in [1.807, 2.05) is 0 Å². The fourth-order valence-corrected chi connectivity index (χ4v) is 2.40. The molecule has 2 aliphatic carbocycles. The summed E-state index contributed by atoms with van der Waals surface area (Å²) in [5.41, 5.74) is 0. The van der Waals surface area contributed by atoms with Crippen molar-refractivity contribution in [3.8, 4) is 0 Å². The second-order valence-electron chi connectivity index (χ2n) is 3.86. The number of ketones is 1. The van der Waals surface area contributed by atoms with Crippen LogP contribution in [0.15, 0.2) is 0 Å². The van der Waals surface area contributed by atoms with Crippen molar-refractivity contribution in [3.05, 3.63) is 0 Å². The molecule has 2 N–H and O–H groups in total. The highest BCUT2D eigenvalue weighted by Gasteiger charge is 2.47. The van der Waals surface area contributed by atoms with E-state index in [-0.39, 0.29) is 17.6 Å². The zero-order valence-corrected chi connectivity index (χ0v) is 6.29. The van der Waals surface area contributed by atoms with Gasteiger partial charge in [-0.25, -0.2) is 0 Å². The Bertz CT molecular complexity index is 180. The van der Waals surface area contributed by atoms with E-state index >= 15 is 0 Å². The molecule has 0 heterocycles. The van der Waals surface area contributed by atoms with Crippen LogP contribution in [0.2, 0.25) is 0 Å². The molecule has 2 fully saturated rings. The van der Waals surface area contributed by atoms with Gasteiger partial charge < -0.3 is 10.2 Å². The molecule has 0 aliphatic heterocycles. The Hall–Kier alpha value is -0.410. The van der Waals surface area contributed by atoms with Crippen molar-refractivity contribution >= 4 is 5.78 Å². The maximum absolute atomic E-state index is 10.9. The molecule has 0 aromatic heterocycles. The molecule has 0 bridgehead atoms. The maximum Gasteiger partial charge on any atom is 0.163 e. The maximum atomic E-state index is 10.9. The summed E-state index contributed by atoms with van der Waals surface area (Å²) in [6.45, 7) is 0. The molecule has 3 nitrogen and oxygen atoms in total. The molecular formula is C8H12O3. The first kappa shape index (κ1) is 7.25. The predicted octanol–water partition coefficient (Wildman–Crippen LogP) is 0.0564. The van der Waals surface area contributed by atoms with Gasteiger partial charge in [-0.15, -0.1) is 0 Å². The molecule has 2 unspecified atom stereocenters. The van der Waals surface area contributed by atoms with Crippen LogP contribution in [0.3, 0.4) is 0 Å². The Morgan fingerprint density at radius 1 is 1.18 bits per heavy atom. The number of Topliss-reactive ketones (excluding diaryl/α,β-unsaturated/α-hetero) is 1. The van der Waals surface area contributed by atoms with Gasteiger partial charge in [0.2, 0.25) is 0 Å². The average molecular weight is 156 g/mol. The number of hydrogen-bond donors (Lipinski definition) is 2. The van der Waals surface area contributed by atoms with E-state index in [4.69, 9.17) is 0 Å². The summed E-state index contributed by atoms with van der Waals surface area (Å²) in [4.78, 5) is 10.9. The third kappa shape index (κ3) is 1.19. The Labute approximate surface area is 65.0 Å². The van der Waals surface area contributed by atoms with Gasteiger partial charge in [0.1, 0.15) is 5.78 Å². The van der Waals surface area contributed by atoms with Gasteiger partial charge in [-0.1, -0.05) is 0 Å². The molecule has 2 aliphatic rings. The van der Waals surface area contributed by atoms with Crippen LogP contribution in [0.25, 0.3) is 0 Å². The lowest BCUT2D eigenvalue weighted by Gasteiger charge is -2.14. The van der Waals surface area contributed by atoms with E-state index in [0.29, 0.717) is 25.7 Å². The Kier molecular flexibility index (Phi) is 1.35. The standard InChI is InChI=1S/C8H12O3/c9-7-1-5-3-8(10,11)4-6(5)2-7/h5-6,10-11H,1-4H2. The Morgan fingerprint density at radius 2 is 1.64 bits per heavy atom. The first-order valence-electron chi connectivity index (χ1n) is 4.03. The summed E-state index contributed by atoms with van der Waals surface area (Å²) >= 11 is 0. The van der Waals surface area contributed by atoms with Crippen LogP contribution in [-0.4, -0.2) is 21.8 Å². The van der Waals surface area contributed by atoms with E-state index in [2.05, 4.69) is 0 Å². The summed E-state index contributed by atoms with van der Waals surface area (Å²) in [7, 11) is 0. The topological polar surface area (TPSA) is 57.5 Å². The first-order chi connectivity index (χ1) is 5.07. The highest BCUT2D eigenvalue weighted by Crippen LogP contribution is 2.46. The first-order valence-corrected chi connectivity index (χ1v) is 4.03. The molecular weight excluding hydrogens is 144 g/mol. The molecule has 0 spiro atoms. The summed E-state index contributed by atoms with van der Waals surface area (Å²) in [6, 6.07) is 0. The van der Waals surface area contributed by atoms with Gasteiger partial charge in [-0.05, 0) is 11.8 Å². The largest absolute Gasteiger partial charge is 0.366 e. The van der Waals surface area contributed by atoms with Gasteiger partial charge in [-0.3, -0.25) is 4.79 Å². The van der Waals surface area contributed by atoms with E-state index in [1.165, 1.54) is 0 Å². The summed E-state index contributed by atoms with van der Waals surface area (Å²) in [6.07, 6.45) is 1.91. The molecule has 0 aromatic rings. The van der Waals surface area contributed by atoms with Crippen LogP contribution in [0.4, 0.5) is 0 Å². The Balaban J connectivity index is 2.09. The monoisotopic (exact) mass is 156 g/mol. The van der Waals surface area contributed by atoms with Crippen molar-refractivity contribution < 1.29 is 15.0 Å². The number of rotatable bonds is 0. The van der Waals surface area contributed by atoms with Crippen molar-refractivity contribution in [1.82, 2.24) is 0 Å². The zero-order valence-electron chi connectivity index (χ0n) is 6.29. The average Bonchev–Trinajstić information content (AvgIpc) is 2.17. The Morgan fingerprint density at radius 3 is 2.09 bits per heavy atom. The number of carbonyl (C=O) groups is 1. The van der Waals surface area contributed by atoms with Crippen molar-refractivity contribution in [3.63, 3.8) is 0 Å². The van der Waals surface area contributed by atoms with Crippen LogP contribution in [0, 0.1) is 11.8 Å².